The third kappa shape index (κ3) is 3.36. The minimum absolute atomic E-state index is 0.0515. The third-order valence-electron chi connectivity index (χ3n) is 3.01. The van der Waals surface area contributed by atoms with E-state index in [1.165, 1.54) is 12.1 Å². The van der Waals surface area contributed by atoms with Crippen LogP contribution < -0.4 is 0 Å². The molecule has 0 aromatic heterocycles. The van der Waals surface area contributed by atoms with Crippen molar-refractivity contribution in [2.24, 2.45) is 0 Å². The number of carbonyl (C=O) groups is 2. The molecule has 0 heterocycles. The summed E-state index contributed by atoms with van der Waals surface area (Å²) in [6, 6.07) is 13.1. The van der Waals surface area contributed by atoms with Gasteiger partial charge in [-0.25, -0.2) is 4.79 Å². The quantitative estimate of drug-likeness (QED) is 0.511. The summed E-state index contributed by atoms with van der Waals surface area (Å²) in [6.07, 6.45) is 1.03. The second-order valence-corrected chi connectivity index (χ2v) is 4.61. The summed E-state index contributed by atoms with van der Waals surface area (Å²) in [5.74, 6) is -1.92. The van der Waals surface area contributed by atoms with Gasteiger partial charge in [0.15, 0.2) is 5.78 Å². The van der Waals surface area contributed by atoms with E-state index in [4.69, 9.17) is 5.11 Å². The lowest BCUT2D eigenvalue weighted by Gasteiger charge is -2.05. The molecule has 0 radical (unpaired) electrons. The van der Waals surface area contributed by atoms with Crippen molar-refractivity contribution in [2.45, 2.75) is 6.92 Å². The molecule has 0 saturated heterocycles. The number of hydrogen-bond donors (Lipinski definition) is 2. The number of benzene rings is 2. The van der Waals surface area contributed by atoms with Crippen LogP contribution in [0.25, 0.3) is 5.76 Å². The average Bonchev–Trinajstić information content (AvgIpc) is 2.47. The van der Waals surface area contributed by atoms with E-state index in [0.29, 0.717) is 5.56 Å². The Kier molecular flexibility index (Phi) is 4.18. The lowest BCUT2D eigenvalue weighted by atomic mass is 10.00. The molecule has 4 heteroatoms. The predicted molar refractivity (Wildman–Crippen MR) is 79.5 cm³/mol. The van der Waals surface area contributed by atoms with Crippen LogP contribution in [0.2, 0.25) is 0 Å². The number of aliphatic hydroxyl groups excluding tert-OH is 1. The van der Waals surface area contributed by atoms with E-state index in [2.05, 4.69) is 0 Å². The highest BCUT2D eigenvalue weighted by Gasteiger charge is 2.16. The molecule has 0 saturated carbocycles. The van der Waals surface area contributed by atoms with Crippen molar-refractivity contribution in [1.29, 1.82) is 0 Å². The highest BCUT2D eigenvalue weighted by atomic mass is 16.4. The zero-order valence-corrected chi connectivity index (χ0v) is 11.4. The van der Waals surface area contributed by atoms with E-state index in [9.17, 15) is 14.7 Å². The Morgan fingerprint density at radius 1 is 0.952 bits per heavy atom. The monoisotopic (exact) mass is 282 g/mol. The van der Waals surface area contributed by atoms with E-state index in [-0.39, 0.29) is 16.9 Å². The minimum Gasteiger partial charge on any atom is -0.507 e. The van der Waals surface area contributed by atoms with Gasteiger partial charge in [0.25, 0.3) is 0 Å². The third-order valence-corrected chi connectivity index (χ3v) is 3.01. The van der Waals surface area contributed by atoms with E-state index in [0.717, 1.165) is 11.6 Å². The zero-order chi connectivity index (χ0) is 15.4. The maximum absolute atomic E-state index is 12.2. The van der Waals surface area contributed by atoms with Crippen molar-refractivity contribution < 1.29 is 19.8 Å². The maximum atomic E-state index is 12.2. The topological polar surface area (TPSA) is 74.6 Å². The Labute approximate surface area is 122 Å². The fourth-order valence-corrected chi connectivity index (χ4v) is 1.94. The van der Waals surface area contributed by atoms with Crippen molar-refractivity contribution in [3.8, 4) is 0 Å². The number of rotatable bonds is 4. The number of carboxylic acids is 1. The summed E-state index contributed by atoms with van der Waals surface area (Å²) in [7, 11) is 0. The number of aromatic carboxylic acids is 1. The van der Waals surface area contributed by atoms with Gasteiger partial charge in [-0.05, 0) is 19.1 Å². The highest BCUT2D eigenvalue weighted by Crippen LogP contribution is 2.16. The van der Waals surface area contributed by atoms with Crippen LogP contribution in [-0.4, -0.2) is 22.0 Å². The molecule has 0 bridgehead atoms. The van der Waals surface area contributed by atoms with Gasteiger partial charge in [-0.3, -0.25) is 4.79 Å². The molecule has 0 aliphatic rings. The van der Waals surface area contributed by atoms with E-state index >= 15 is 0 Å². The smallest absolute Gasteiger partial charge is 0.336 e. The zero-order valence-electron chi connectivity index (χ0n) is 11.4. The molecular formula is C17H14O4. The van der Waals surface area contributed by atoms with Crippen molar-refractivity contribution in [1.82, 2.24) is 0 Å². The molecule has 0 fully saturated rings. The molecule has 0 aliphatic carbocycles. The first-order chi connectivity index (χ1) is 9.99. The largest absolute Gasteiger partial charge is 0.507 e. The van der Waals surface area contributed by atoms with Gasteiger partial charge in [0.1, 0.15) is 5.76 Å². The van der Waals surface area contributed by atoms with Crippen LogP contribution in [0.5, 0.6) is 0 Å². The van der Waals surface area contributed by atoms with Crippen LogP contribution in [0.1, 0.15) is 31.8 Å². The van der Waals surface area contributed by atoms with Crippen LogP contribution in [0.15, 0.2) is 54.6 Å². The standard InChI is InChI=1S/C17H14O4/c1-11-7-8-13(14(9-11)17(20)21)16(19)10-15(18)12-5-3-2-4-6-12/h2-10,18H,1H3,(H,20,21). The number of hydrogen-bond acceptors (Lipinski definition) is 3. The van der Waals surface area contributed by atoms with Gasteiger partial charge >= 0.3 is 5.97 Å². The molecule has 2 N–H and O–H groups in total. The summed E-state index contributed by atoms with van der Waals surface area (Å²) < 4.78 is 0. The molecule has 0 atom stereocenters. The molecule has 21 heavy (non-hydrogen) atoms. The normalized spacial score (nSPS) is 11.2. The Bertz CT molecular complexity index is 715. The Morgan fingerprint density at radius 3 is 2.24 bits per heavy atom. The van der Waals surface area contributed by atoms with Crippen LogP contribution in [0.4, 0.5) is 0 Å². The van der Waals surface area contributed by atoms with Gasteiger partial charge in [-0.2, -0.15) is 0 Å². The van der Waals surface area contributed by atoms with Crippen molar-refractivity contribution in [3.05, 3.63) is 76.9 Å². The maximum Gasteiger partial charge on any atom is 0.336 e. The van der Waals surface area contributed by atoms with Crippen molar-refractivity contribution in [2.75, 3.05) is 0 Å². The fraction of sp³-hybridized carbons (Fsp3) is 0.0588. The number of carbonyl (C=O) groups excluding carboxylic acids is 1. The van der Waals surface area contributed by atoms with Crippen molar-refractivity contribution >= 4 is 17.5 Å². The molecule has 2 aromatic carbocycles. The molecule has 4 nitrogen and oxygen atoms in total. The van der Waals surface area contributed by atoms with Gasteiger partial charge < -0.3 is 10.2 Å². The molecule has 0 aliphatic heterocycles. The van der Waals surface area contributed by atoms with E-state index < -0.39 is 11.8 Å². The van der Waals surface area contributed by atoms with Gasteiger partial charge in [0.05, 0.1) is 5.56 Å². The number of aliphatic hydroxyl groups is 1. The van der Waals surface area contributed by atoms with E-state index in [1.54, 1.807) is 43.3 Å². The summed E-state index contributed by atoms with van der Waals surface area (Å²) in [4.78, 5) is 23.4. The number of allylic oxidation sites excluding steroid dienone is 1. The molecule has 0 spiro atoms. The second kappa shape index (κ2) is 6.05. The predicted octanol–water partition coefficient (Wildman–Crippen LogP) is 3.48. The Morgan fingerprint density at radius 2 is 1.62 bits per heavy atom. The first-order valence-electron chi connectivity index (χ1n) is 6.33. The lowest BCUT2D eigenvalue weighted by molar-refractivity contribution is 0.0692. The summed E-state index contributed by atoms with van der Waals surface area (Å²) in [5, 5.41) is 19.1. The molecular weight excluding hydrogens is 268 g/mol. The Hall–Kier alpha value is -2.88. The van der Waals surface area contributed by atoms with Gasteiger partial charge in [0, 0.05) is 17.2 Å². The molecule has 0 unspecified atom stereocenters. The van der Waals surface area contributed by atoms with Crippen molar-refractivity contribution in [3.63, 3.8) is 0 Å². The summed E-state index contributed by atoms with van der Waals surface area (Å²) in [6.45, 7) is 1.75. The average molecular weight is 282 g/mol. The number of aryl methyl sites for hydroxylation is 1. The second-order valence-electron chi connectivity index (χ2n) is 4.61. The number of carboxylic acid groups (broad SMARTS) is 1. The first kappa shape index (κ1) is 14.5. The van der Waals surface area contributed by atoms with E-state index in [1.807, 2.05) is 0 Å². The first-order valence-corrected chi connectivity index (χ1v) is 6.33. The van der Waals surface area contributed by atoms with Crippen LogP contribution >= 0.6 is 0 Å². The number of ketones is 1. The molecule has 2 aromatic rings. The SMILES string of the molecule is Cc1ccc(C(=O)C=C(O)c2ccccc2)c(C(=O)O)c1. The fourth-order valence-electron chi connectivity index (χ4n) is 1.94. The van der Waals surface area contributed by atoms with Crippen LogP contribution in [-0.2, 0) is 0 Å². The summed E-state index contributed by atoms with van der Waals surface area (Å²) in [5.41, 5.74) is 1.22. The molecule has 106 valence electrons. The summed E-state index contributed by atoms with van der Waals surface area (Å²) >= 11 is 0. The van der Waals surface area contributed by atoms with Gasteiger partial charge in [-0.15, -0.1) is 0 Å². The van der Waals surface area contributed by atoms with Crippen LogP contribution in [0.3, 0.4) is 0 Å². The lowest BCUT2D eigenvalue weighted by Crippen LogP contribution is -2.07. The highest BCUT2D eigenvalue weighted by molar-refractivity contribution is 6.13. The Balaban J connectivity index is 2.39. The molecule has 2 rings (SSSR count). The minimum atomic E-state index is -1.17. The van der Waals surface area contributed by atoms with Crippen LogP contribution in [0, 0.1) is 6.92 Å². The van der Waals surface area contributed by atoms with Gasteiger partial charge in [0.2, 0.25) is 0 Å². The molecule has 0 amide bonds. The van der Waals surface area contributed by atoms with Gasteiger partial charge in [-0.1, -0.05) is 42.0 Å².